The smallest absolute Gasteiger partial charge is 0.290 e. The van der Waals surface area contributed by atoms with Gasteiger partial charge in [0.2, 0.25) is 5.03 Å². The van der Waals surface area contributed by atoms with Crippen molar-refractivity contribution in [2.24, 2.45) is 5.73 Å². The lowest BCUT2D eigenvalue weighted by Crippen LogP contribution is -2.14. The molecule has 0 spiro atoms. The Labute approximate surface area is 162 Å². The Morgan fingerprint density at radius 1 is 1.41 bits per heavy atom. The lowest BCUT2D eigenvalue weighted by Gasteiger charge is -2.06. The number of nitrogens with two attached hydrogens (primary N) is 1. The molecule has 4 aromatic heterocycles. The van der Waals surface area contributed by atoms with Crippen LogP contribution in [0.5, 0.6) is 0 Å². The number of fused-ring (bicyclic) bond motifs is 2. The Hall–Kier alpha value is -2.47. The largest absolute Gasteiger partial charge is 0.483 e. The maximum Gasteiger partial charge on any atom is 0.290 e. The molecule has 3 N–H and O–H groups in total. The van der Waals surface area contributed by atoms with E-state index in [0.717, 1.165) is 5.56 Å². The first-order valence-corrected chi connectivity index (χ1v) is 10.2. The molecule has 12 heteroatoms. The molecule has 0 aromatic carbocycles. The number of pyridine rings is 1. The molecule has 0 amide bonds. The molecule has 142 valence electrons. The van der Waals surface area contributed by atoms with Crippen molar-refractivity contribution in [3.05, 3.63) is 46.8 Å². The van der Waals surface area contributed by atoms with Crippen molar-refractivity contribution in [2.45, 2.75) is 11.4 Å². The standard InChI is InChI=1S/C14H12ClN5O2S2.CH2O2/c15-12-13(19-6-7-23-14(19)18-12)24(21,22)20-8-9(3-4-16)11-10(20)2-1-5-17-11;2-1-3/h1-2,5-8H,3-4,16H2;1H,(H,2,3). The minimum Gasteiger partial charge on any atom is -0.483 e. The van der Waals surface area contributed by atoms with Gasteiger partial charge in [0.05, 0.1) is 11.0 Å². The van der Waals surface area contributed by atoms with E-state index in [-0.39, 0.29) is 16.7 Å². The fourth-order valence-electron chi connectivity index (χ4n) is 2.69. The summed E-state index contributed by atoms with van der Waals surface area (Å²) in [6.07, 6.45) is 5.35. The van der Waals surface area contributed by atoms with Gasteiger partial charge in [-0.1, -0.05) is 11.6 Å². The van der Waals surface area contributed by atoms with Crippen molar-refractivity contribution in [2.75, 3.05) is 6.54 Å². The highest BCUT2D eigenvalue weighted by atomic mass is 35.5. The fourth-order valence-corrected chi connectivity index (χ4v) is 5.49. The van der Waals surface area contributed by atoms with Crippen LogP contribution in [0.15, 0.2) is 41.1 Å². The first-order valence-electron chi connectivity index (χ1n) is 7.55. The summed E-state index contributed by atoms with van der Waals surface area (Å²) in [6.45, 7) is 0.151. The number of imidazole rings is 1. The van der Waals surface area contributed by atoms with Gasteiger partial charge in [0.25, 0.3) is 16.5 Å². The van der Waals surface area contributed by atoms with E-state index in [2.05, 4.69) is 9.97 Å². The van der Waals surface area contributed by atoms with Crippen LogP contribution in [0.4, 0.5) is 0 Å². The quantitative estimate of drug-likeness (QED) is 0.474. The number of hydrogen-bond donors (Lipinski definition) is 2. The topological polar surface area (TPSA) is 133 Å². The van der Waals surface area contributed by atoms with Crippen LogP contribution in [-0.4, -0.2) is 44.9 Å². The van der Waals surface area contributed by atoms with Gasteiger partial charge in [-0.25, -0.2) is 8.96 Å². The van der Waals surface area contributed by atoms with Crippen molar-refractivity contribution < 1.29 is 18.3 Å². The first-order chi connectivity index (χ1) is 13.0. The minimum atomic E-state index is -3.94. The molecule has 0 saturated heterocycles. The van der Waals surface area contributed by atoms with Crippen LogP contribution >= 0.6 is 22.9 Å². The van der Waals surface area contributed by atoms with Crippen molar-refractivity contribution in [3.63, 3.8) is 0 Å². The maximum atomic E-state index is 13.2. The highest BCUT2D eigenvalue weighted by Crippen LogP contribution is 2.30. The molecule has 9 nitrogen and oxygen atoms in total. The van der Waals surface area contributed by atoms with Crippen LogP contribution in [0, 0.1) is 0 Å². The van der Waals surface area contributed by atoms with Crippen molar-refractivity contribution in [1.29, 1.82) is 0 Å². The Morgan fingerprint density at radius 2 is 2.15 bits per heavy atom. The van der Waals surface area contributed by atoms with E-state index >= 15 is 0 Å². The van der Waals surface area contributed by atoms with Crippen LogP contribution in [0.3, 0.4) is 0 Å². The summed E-state index contributed by atoms with van der Waals surface area (Å²) in [7, 11) is -3.94. The van der Waals surface area contributed by atoms with E-state index in [1.807, 2.05) is 0 Å². The molecular formula is C15H14ClN5O4S2. The SMILES string of the molecule is NCCc1cn(S(=O)(=O)c2c(Cl)nc3sccn23)c2cccnc12.O=CO. The molecule has 4 rings (SSSR count). The first kappa shape index (κ1) is 19.3. The van der Waals surface area contributed by atoms with E-state index in [1.165, 1.54) is 19.7 Å². The fraction of sp³-hybridized carbons (Fsp3) is 0.133. The van der Waals surface area contributed by atoms with E-state index in [1.54, 1.807) is 36.1 Å². The number of carboxylic acid groups (broad SMARTS) is 1. The number of carbonyl (C=O) groups is 1. The summed E-state index contributed by atoms with van der Waals surface area (Å²) in [5, 5.41) is 8.54. The van der Waals surface area contributed by atoms with Gasteiger partial charge in [-0.3, -0.25) is 14.2 Å². The van der Waals surface area contributed by atoms with Crippen LogP contribution in [0.1, 0.15) is 5.56 Å². The van der Waals surface area contributed by atoms with Crippen LogP contribution in [0.25, 0.3) is 16.0 Å². The lowest BCUT2D eigenvalue weighted by molar-refractivity contribution is -0.122. The molecule has 0 bridgehead atoms. The van der Waals surface area contributed by atoms with Crippen LogP contribution < -0.4 is 5.73 Å². The van der Waals surface area contributed by atoms with Crippen LogP contribution in [0.2, 0.25) is 5.15 Å². The minimum absolute atomic E-state index is 0.0482. The molecule has 0 atom stereocenters. The molecular weight excluding hydrogens is 414 g/mol. The lowest BCUT2D eigenvalue weighted by atomic mass is 10.2. The molecule has 4 heterocycles. The Balaban J connectivity index is 0.000000659. The predicted octanol–water partition coefficient (Wildman–Crippen LogP) is 1.84. The maximum absolute atomic E-state index is 13.2. The van der Waals surface area contributed by atoms with Gasteiger partial charge < -0.3 is 10.8 Å². The molecule has 0 radical (unpaired) electrons. The molecule has 0 aliphatic carbocycles. The third kappa shape index (κ3) is 3.30. The zero-order valence-corrected chi connectivity index (χ0v) is 16.1. The second-order valence-electron chi connectivity index (χ2n) is 5.23. The Kier molecular flexibility index (Phi) is 5.46. The van der Waals surface area contributed by atoms with E-state index in [9.17, 15) is 8.42 Å². The molecule has 0 aliphatic heterocycles. The van der Waals surface area contributed by atoms with Gasteiger partial charge in [-0.2, -0.15) is 8.42 Å². The molecule has 0 saturated carbocycles. The van der Waals surface area contributed by atoms with E-state index in [0.29, 0.717) is 29.0 Å². The van der Waals surface area contributed by atoms with Gasteiger partial charge in [0.1, 0.15) is 0 Å². The number of halogens is 1. The monoisotopic (exact) mass is 427 g/mol. The summed E-state index contributed by atoms with van der Waals surface area (Å²) in [6, 6.07) is 3.40. The van der Waals surface area contributed by atoms with Crippen molar-refractivity contribution >= 4 is 55.4 Å². The molecule has 0 aliphatic rings. The second-order valence-corrected chi connectivity index (χ2v) is 8.20. The van der Waals surface area contributed by atoms with Crippen LogP contribution in [-0.2, 0) is 21.2 Å². The second kappa shape index (κ2) is 7.64. The highest BCUT2D eigenvalue weighted by Gasteiger charge is 2.29. The summed E-state index contributed by atoms with van der Waals surface area (Å²) in [4.78, 5) is 17.3. The summed E-state index contributed by atoms with van der Waals surface area (Å²) < 4.78 is 29.1. The summed E-state index contributed by atoms with van der Waals surface area (Å²) >= 11 is 7.42. The number of aromatic nitrogens is 4. The average Bonchev–Trinajstić information content (AvgIpc) is 3.29. The molecule has 27 heavy (non-hydrogen) atoms. The van der Waals surface area contributed by atoms with Gasteiger partial charge in [-0.05, 0) is 30.7 Å². The Morgan fingerprint density at radius 3 is 2.85 bits per heavy atom. The zero-order chi connectivity index (χ0) is 19.6. The van der Waals surface area contributed by atoms with Crippen molar-refractivity contribution in [3.8, 4) is 0 Å². The molecule has 0 unspecified atom stereocenters. The van der Waals surface area contributed by atoms with E-state index in [4.69, 9.17) is 27.2 Å². The number of thiazole rings is 1. The van der Waals surface area contributed by atoms with Gasteiger partial charge in [-0.15, -0.1) is 11.3 Å². The van der Waals surface area contributed by atoms with E-state index < -0.39 is 10.0 Å². The summed E-state index contributed by atoms with van der Waals surface area (Å²) in [5.41, 5.74) is 7.51. The van der Waals surface area contributed by atoms with Crippen molar-refractivity contribution in [1.82, 2.24) is 18.3 Å². The average molecular weight is 428 g/mol. The predicted molar refractivity (Wildman–Crippen MR) is 102 cm³/mol. The normalized spacial score (nSPS) is 11.5. The molecule has 4 aromatic rings. The number of hydrogen-bond acceptors (Lipinski definition) is 7. The Bertz CT molecular complexity index is 1210. The van der Waals surface area contributed by atoms with Gasteiger partial charge in [0.15, 0.2) is 10.1 Å². The molecule has 0 fully saturated rings. The van der Waals surface area contributed by atoms with Gasteiger partial charge in [0, 0.05) is 24.0 Å². The zero-order valence-electron chi connectivity index (χ0n) is 13.7. The van der Waals surface area contributed by atoms with Gasteiger partial charge >= 0.3 is 0 Å². The summed E-state index contributed by atoms with van der Waals surface area (Å²) in [5.74, 6) is 0. The third-order valence-corrected chi connectivity index (χ3v) is 6.53. The number of rotatable bonds is 4. The third-order valence-electron chi connectivity index (χ3n) is 3.70. The highest BCUT2D eigenvalue weighted by molar-refractivity contribution is 7.90. The number of nitrogens with zero attached hydrogens (tertiary/aromatic N) is 4.